The minimum atomic E-state index is -0.469. The SMILES string of the molecule is Cc1ccc(NC2=C(c3ccc(C)c(C)c3)C(=O)N(c3ccc(F)cc3)C2=O)cc1C. The number of nitrogens with one attached hydrogen (secondary N) is 1. The molecule has 156 valence electrons. The average Bonchev–Trinajstić information content (AvgIpc) is 2.97. The summed E-state index contributed by atoms with van der Waals surface area (Å²) in [5.41, 5.74) is 6.56. The number of nitrogens with zero attached hydrogens (tertiary/aromatic N) is 1. The van der Waals surface area contributed by atoms with Crippen molar-refractivity contribution >= 4 is 28.8 Å². The molecule has 1 N–H and O–H groups in total. The molecule has 3 aromatic rings. The number of carbonyl (C=O) groups is 2. The highest BCUT2D eigenvalue weighted by atomic mass is 19.1. The highest BCUT2D eigenvalue weighted by molar-refractivity contribution is 6.46. The van der Waals surface area contributed by atoms with Gasteiger partial charge in [-0.25, -0.2) is 9.29 Å². The summed E-state index contributed by atoms with van der Waals surface area (Å²) in [6.07, 6.45) is 0. The van der Waals surface area contributed by atoms with Crippen LogP contribution in [0.3, 0.4) is 0 Å². The number of rotatable bonds is 4. The number of hydrogen-bond acceptors (Lipinski definition) is 3. The van der Waals surface area contributed by atoms with E-state index in [9.17, 15) is 14.0 Å². The monoisotopic (exact) mass is 414 g/mol. The fourth-order valence-electron chi connectivity index (χ4n) is 3.60. The smallest absolute Gasteiger partial charge is 0.282 e. The standard InChI is InChI=1S/C26H23FN2O2/c1-15-5-7-19(13-17(15)3)23-24(28-21-10-6-16(2)18(4)14-21)26(31)29(25(23)30)22-11-8-20(27)9-12-22/h5-14,28H,1-4H3. The summed E-state index contributed by atoms with van der Waals surface area (Å²) in [6.45, 7) is 7.97. The van der Waals surface area contributed by atoms with Crippen LogP contribution < -0.4 is 10.2 Å². The number of benzene rings is 3. The van der Waals surface area contributed by atoms with E-state index in [1.54, 1.807) is 0 Å². The largest absolute Gasteiger partial charge is 0.350 e. The van der Waals surface area contributed by atoms with Crippen LogP contribution in [0.25, 0.3) is 5.57 Å². The maximum Gasteiger partial charge on any atom is 0.282 e. The lowest BCUT2D eigenvalue weighted by atomic mass is 9.99. The molecule has 0 fully saturated rings. The van der Waals surface area contributed by atoms with Crippen LogP contribution in [0.5, 0.6) is 0 Å². The van der Waals surface area contributed by atoms with Crippen molar-refractivity contribution in [1.82, 2.24) is 0 Å². The molecule has 31 heavy (non-hydrogen) atoms. The molecule has 0 spiro atoms. The van der Waals surface area contributed by atoms with Crippen molar-refractivity contribution in [2.24, 2.45) is 0 Å². The molecule has 0 saturated heterocycles. The first-order valence-corrected chi connectivity index (χ1v) is 10.1. The second-order valence-electron chi connectivity index (χ2n) is 7.90. The molecule has 3 aromatic carbocycles. The Morgan fingerprint density at radius 3 is 1.94 bits per heavy atom. The van der Waals surface area contributed by atoms with Gasteiger partial charge in [0, 0.05) is 5.69 Å². The predicted molar refractivity (Wildman–Crippen MR) is 121 cm³/mol. The average molecular weight is 414 g/mol. The minimum Gasteiger partial charge on any atom is -0.350 e. The number of hydrogen-bond donors (Lipinski definition) is 1. The summed E-state index contributed by atoms with van der Waals surface area (Å²) in [6, 6.07) is 16.8. The zero-order valence-corrected chi connectivity index (χ0v) is 17.9. The van der Waals surface area contributed by atoms with Gasteiger partial charge >= 0.3 is 0 Å². The molecule has 0 aliphatic carbocycles. The third-order valence-electron chi connectivity index (χ3n) is 5.74. The van der Waals surface area contributed by atoms with Crippen LogP contribution in [-0.4, -0.2) is 11.8 Å². The van der Waals surface area contributed by atoms with Crippen molar-refractivity contribution in [3.05, 3.63) is 100.0 Å². The molecule has 1 heterocycles. The van der Waals surface area contributed by atoms with Crippen LogP contribution in [0, 0.1) is 33.5 Å². The normalized spacial score (nSPS) is 13.9. The molecule has 0 unspecified atom stereocenters. The molecule has 4 nitrogen and oxygen atoms in total. The first-order chi connectivity index (χ1) is 14.8. The van der Waals surface area contributed by atoms with E-state index >= 15 is 0 Å². The van der Waals surface area contributed by atoms with Gasteiger partial charge in [-0.15, -0.1) is 0 Å². The molecule has 0 radical (unpaired) electrons. The summed E-state index contributed by atoms with van der Waals surface area (Å²) in [7, 11) is 0. The Hall–Kier alpha value is -3.73. The lowest BCUT2D eigenvalue weighted by Crippen LogP contribution is -2.32. The number of halogens is 1. The summed E-state index contributed by atoms with van der Waals surface area (Å²) in [4.78, 5) is 27.9. The van der Waals surface area contributed by atoms with Gasteiger partial charge in [-0.2, -0.15) is 0 Å². The number of anilines is 2. The van der Waals surface area contributed by atoms with Gasteiger partial charge in [0.15, 0.2) is 0 Å². The fraction of sp³-hybridized carbons (Fsp3) is 0.154. The summed E-state index contributed by atoms with van der Waals surface area (Å²) < 4.78 is 13.4. The summed E-state index contributed by atoms with van der Waals surface area (Å²) in [5, 5.41) is 3.18. The molecule has 0 atom stereocenters. The molecule has 0 bridgehead atoms. The zero-order valence-electron chi connectivity index (χ0n) is 17.9. The maximum absolute atomic E-state index is 13.4. The van der Waals surface area contributed by atoms with Crippen LogP contribution >= 0.6 is 0 Å². The van der Waals surface area contributed by atoms with E-state index in [1.165, 1.54) is 24.3 Å². The van der Waals surface area contributed by atoms with Gasteiger partial charge in [-0.05, 0) is 91.9 Å². The Kier molecular flexibility index (Phi) is 5.19. The van der Waals surface area contributed by atoms with E-state index in [1.807, 2.05) is 64.1 Å². The van der Waals surface area contributed by atoms with Crippen LogP contribution in [0.4, 0.5) is 15.8 Å². The summed E-state index contributed by atoms with van der Waals surface area (Å²) >= 11 is 0. The van der Waals surface area contributed by atoms with E-state index in [2.05, 4.69) is 5.32 Å². The molecule has 2 amide bonds. The van der Waals surface area contributed by atoms with Gasteiger partial charge in [0.05, 0.1) is 11.3 Å². The summed E-state index contributed by atoms with van der Waals surface area (Å²) in [5.74, 6) is -1.34. The van der Waals surface area contributed by atoms with Gasteiger partial charge in [-0.3, -0.25) is 9.59 Å². The van der Waals surface area contributed by atoms with Crippen LogP contribution in [0.2, 0.25) is 0 Å². The van der Waals surface area contributed by atoms with E-state index in [0.717, 1.165) is 32.8 Å². The van der Waals surface area contributed by atoms with E-state index in [0.29, 0.717) is 16.8 Å². The quantitative estimate of drug-likeness (QED) is 0.577. The fourth-order valence-corrected chi connectivity index (χ4v) is 3.60. The van der Waals surface area contributed by atoms with Crippen molar-refractivity contribution in [3.8, 4) is 0 Å². The number of amides is 2. The van der Waals surface area contributed by atoms with Crippen molar-refractivity contribution in [1.29, 1.82) is 0 Å². The van der Waals surface area contributed by atoms with Crippen molar-refractivity contribution < 1.29 is 14.0 Å². The van der Waals surface area contributed by atoms with Gasteiger partial charge < -0.3 is 5.32 Å². The molecule has 1 aliphatic rings. The highest BCUT2D eigenvalue weighted by Crippen LogP contribution is 2.34. The Bertz CT molecular complexity index is 1240. The predicted octanol–water partition coefficient (Wildman–Crippen LogP) is 5.46. The first-order valence-electron chi connectivity index (χ1n) is 10.1. The lowest BCUT2D eigenvalue weighted by Gasteiger charge is -2.15. The lowest BCUT2D eigenvalue weighted by molar-refractivity contribution is -0.120. The van der Waals surface area contributed by atoms with Crippen LogP contribution in [0.1, 0.15) is 27.8 Å². The molecule has 0 saturated carbocycles. The molecule has 1 aliphatic heterocycles. The number of aryl methyl sites for hydroxylation is 4. The second kappa shape index (κ2) is 7.84. The minimum absolute atomic E-state index is 0.209. The Morgan fingerprint density at radius 1 is 0.710 bits per heavy atom. The number of carbonyl (C=O) groups excluding carboxylic acids is 2. The van der Waals surface area contributed by atoms with Crippen molar-refractivity contribution in [2.75, 3.05) is 10.2 Å². The first kappa shape index (κ1) is 20.5. The highest BCUT2D eigenvalue weighted by Gasteiger charge is 2.40. The number of imide groups is 1. The van der Waals surface area contributed by atoms with Crippen molar-refractivity contribution in [3.63, 3.8) is 0 Å². The van der Waals surface area contributed by atoms with Crippen LogP contribution in [-0.2, 0) is 9.59 Å². The molecule has 0 aromatic heterocycles. The third-order valence-corrected chi connectivity index (χ3v) is 5.74. The van der Waals surface area contributed by atoms with Gasteiger partial charge in [0.25, 0.3) is 11.8 Å². The molecular formula is C26H23FN2O2. The molecule has 5 heteroatoms. The van der Waals surface area contributed by atoms with E-state index in [4.69, 9.17) is 0 Å². The maximum atomic E-state index is 13.4. The zero-order chi connectivity index (χ0) is 22.3. The van der Waals surface area contributed by atoms with E-state index in [-0.39, 0.29) is 5.70 Å². The van der Waals surface area contributed by atoms with Gasteiger partial charge in [-0.1, -0.05) is 24.3 Å². The van der Waals surface area contributed by atoms with Gasteiger partial charge in [0.1, 0.15) is 11.5 Å². The third kappa shape index (κ3) is 3.75. The Labute approximate surface area is 181 Å². The van der Waals surface area contributed by atoms with Crippen LogP contribution in [0.15, 0.2) is 66.4 Å². The van der Waals surface area contributed by atoms with Crippen molar-refractivity contribution in [2.45, 2.75) is 27.7 Å². The molecular weight excluding hydrogens is 391 g/mol. The van der Waals surface area contributed by atoms with E-state index < -0.39 is 17.6 Å². The molecule has 4 rings (SSSR count). The second-order valence-corrected chi connectivity index (χ2v) is 7.90. The Morgan fingerprint density at radius 2 is 1.32 bits per heavy atom. The van der Waals surface area contributed by atoms with Gasteiger partial charge in [0.2, 0.25) is 0 Å². The topological polar surface area (TPSA) is 49.4 Å². The Balaban J connectivity index is 1.84.